The van der Waals surface area contributed by atoms with E-state index in [0.29, 0.717) is 5.11 Å². The van der Waals surface area contributed by atoms with Gasteiger partial charge in [-0.3, -0.25) is 0 Å². The highest BCUT2D eigenvalue weighted by Gasteiger charge is 1.94. The standard InChI is InChI=1S/C10H13BrN2S/c1-12-10(14)13-6-5-8-3-2-4-9(11)7-8/h2-4,7H,5-6H2,1H3,(H2,12,13,14). The van der Waals surface area contributed by atoms with E-state index < -0.39 is 0 Å². The van der Waals surface area contributed by atoms with Gasteiger partial charge >= 0.3 is 0 Å². The Labute approximate surface area is 98.2 Å². The number of nitrogens with one attached hydrogen (secondary N) is 2. The van der Waals surface area contributed by atoms with Crippen molar-refractivity contribution < 1.29 is 0 Å². The Morgan fingerprint density at radius 3 is 2.93 bits per heavy atom. The van der Waals surface area contributed by atoms with Crippen molar-refractivity contribution in [1.29, 1.82) is 0 Å². The number of halogens is 1. The molecule has 1 aromatic rings. The van der Waals surface area contributed by atoms with Crippen LogP contribution in [0.1, 0.15) is 5.56 Å². The lowest BCUT2D eigenvalue weighted by atomic mass is 10.1. The first kappa shape index (κ1) is 11.5. The zero-order chi connectivity index (χ0) is 10.4. The fourth-order valence-electron chi connectivity index (χ4n) is 1.10. The van der Waals surface area contributed by atoms with Gasteiger partial charge in [-0.15, -0.1) is 0 Å². The van der Waals surface area contributed by atoms with Crippen molar-refractivity contribution >= 4 is 33.3 Å². The molecule has 0 saturated carbocycles. The van der Waals surface area contributed by atoms with E-state index in [1.165, 1.54) is 5.56 Å². The van der Waals surface area contributed by atoms with Gasteiger partial charge in [-0.05, 0) is 36.3 Å². The number of hydrogen-bond donors (Lipinski definition) is 2. The van der Waals surface area contributed by atoms with Crippen LogP contribution >= 0.6 is 28.1 Å². The summed E-state index contributed by atoms with van der Waals surface area (Å²) < 4.78 is 1.12. The Hall–Kier alpha value is -0.610. The van der Waals surface area contributed by atoms with Crippen molar-refractivity contribution in [3.63, 3.8) is 0 Å². The van der Waals surface area contributed by atoms with Gasteiger partial charge in [-0.1, -0.05) is 28.1 Å². The highest BCUT2D eigenvalue weighted by molar-refractivity contribution is 9.10. The van der Waals surface area contributed by atoms with Crippen LogP contribution in [0.3, 0.4) is 0 Å². The molecule has 0 amide bonds. The molecule has 2 N–H and O–H groups in total. The average Bonchev–Trinajstić information content (AvgIpc) is 2.17. The predicted octanol–water partition coefficient (Wildman–Crippen LogP) is 2.09. The molecule has 0 aliphatic heterocycles. The second-order valence-corrected chi connectivity index (χ2v) is 4.21. The van der Waals surface area contributed by atoms with E-state index in [4.69, 9.17) is 12.2 Å². The Balaban J connectivity index is 2.35. The maximum Gasteiger partial charge on any atom is 0.166 e. The van der Waals surface area contributed by atoms with Crippen molar-refractivity contribution in [3.05, 3.63) is 34.3 Å². The minimum Gasteiger partial charge on any atom is -0.366 e. The van der Waals surface area contributed by atoms with Crippen molar-refractivity contribution in [2.75, 3.05) is 13.6 Å². The van der Waals surface area contributed by atoms with Gasteiger partial charge in [0.25, 0.3) is 0 Å². The van der Waals surface area contributed by atoms with Gasteiger partial charge in [-0.25, -0.2) is 0 Å². The Morgan fingerprint density at radius 1 is 1.50 bits per heavy atom. The summed E-state index contributed by atoms with van der Waals surface area (Å²) in [5.74, 6) is 0. The fraction of sp³-hybridized carbons (Fsp3) is 0.300. The van der Waals surface area contributed by atoms with E-state index in [2.05, 4.69) is 38.7 Å². The molecule has 4 heteroatoms. The Kier molecular flexibility index (Phi) is 4.90. The molecular weight excluding hydrogens is 260 g/mol. The molecule has 0 atom stereocenters. The van der Waals surface area contributed by atoms with Gasteiger partial charge in [0.05, 0.1) is 0 Å². The average molecular weight is 273 g/mol. The normalized spacial score (nSPS) is 9.57. The minimum absolute atomic E-state index is 0.694. The smallest absolute Gasteiger partial charge is 0.166 e. The van der Waals surface area contributed by atoms with E-state index in [1.807, 2.05) is 19.2 Å². The van der Waals surface area contributed by atoms with E-state index >= 15 is 0 Å². The number of thiocarbonyl (C=S) groups is 1. The molecule has 0 radical (unpaired) electrons. The molecule has 2 nitrogen and oxygen atoms in total. The van der Waals surface area contributed by atoms with Gasteiger partial charge in [-0.2, -0.15) is 0 Å². The summed E-state index contributed by atoms with van der Waals surface area (Å²) >= 11 is 8.40. The topological polar surface area (TPSA) is 24.1 Å². The van der Waals surface area contributed by atoms with Crippen LogP contribution in [0.4, 0.5) is 0 Å². The fourth-order valence-corrected chi connectivity index (χ4v) is 1.65. The van der Waals surface area contributed by atoms with Gasteiger partial charge < -0.3 is 10.6 Å². The first-order valence-corrected chi connectivity index (χ1v) is 5.62. The second-order valence-electron chi connectivity index (χ2n) is 2.89. The van der Waals surface area contributed by atoms with Crippen LogP contribution in [-0.4, -0.2) is 18.7 Å². The number of benzene rings is 1. The van der Waals surface area contributed by atoms with Crippen LogP contribution < -0.4 is 10.6 Å². The molecule has 1 aromatic carbocycles. The molecular formula is C10H13BrN2S. The van der Waals surface area contributed by atoms with E-state index in [9.17, 15) is 0 Å². The lowest BCUT2D eigenvalue weighted by molar-refractivity contribution is 0.851. The predicted molar refractivity (Wildman–Crippen MR) is 67.5 cm³/mol. The van der Waals surface area contributed by atoms with Crippen molar-refractivity contribution in [3.8, 4) is 0 Å². The molecule has 0 saturated heterocycles. The molecule has 0 fully saturated rings. The van der Waals surface area contributed by atoms with Gasteiger partial charge in [0.1, 0.15) is 0 Å². The maximum atomic E-state index is 4.96. The molecule has 0 spiro atoms. The van der Waals surface area contributed by atoms with Crippen molar-refractivity contribution in [2.24, 2.45) is 0 Å². The number of rotatable bonds is 3. The molecule has 0 unspecified atom stereocenters. The summed E-state index contributed by atoms with van der Waals surface area (Å²) in [4.78, 5) is 0. The maximum absolute atomic E-state index is 4.96. The third kappa shape index (κ3) is 4.07. The van der Waals surface area contributed by atoms with Crippen LogP contribution in [0.25, 0.3) is 0 Å². The summed E-state index contributed by atoms with van der Waals surface area (Å²) in [6.07, 6.45) is 0.973. The summed E-state index contributed by atoms with van der Waals surface area (Å²) in [5.41, 5.74) is 1.30. The van der Waals surface area contributed by atoms with Crippen LogP contribution in [0.15, 0.2) is 28.7 Å². The number of hydrogen-bond acceptors (Lipinski definition) is 1. The third-order valence-corrected chi connectivity index (χ3v) is 2.66. The van der Waals surface area contributed by atoms with Gasteiger partial charge in [0.15, 0.2) is 5.11 Å². The summed E-state index contributed by atoms with van der Waals surface area (Å²) in [6, 6.07) is 8.28. The van der Waals surface area contributed by atoms with Crippen molar-refractivity contribution in [1.82, 2.24) is 10.6 Å². The first-order chi connectivity index (χ1) is 6.72. The molecule has 14 heavy (non-hydrogen) atoms. The molecule has 76 valence electrons. The summed E-state index contributed by atoms with van der Waals surface area (Å²) in [6.45, 7) is 0.857. The zero-order valence-corrected chi connectivity index (χ0v) is 10.4. The third-order valence-electron chi connectivity index (χ3n) is 1.82. The first-order valence-electron chi connectivity index (χ1n) is 4.42. The van der Waals surface area contributed by atoms with Crippen LogP contribution in [0.5, 0.6) is 0 Å². The molecule has 0 heterocycles. The molecule has 0 aliphatic carbocycles. The van der Waals surface area contributed by atoms with Gasteiger partial charge in [0.2, 0.25) is 0 Å². The molecule has 0 aliphatic rings. The minimum atomic E-state index is 0.694. The highest BCUT2D eigenvalue weighted by Crippen LogP contribution is 2.11. The van der Waals surface area contributed by atoms with Crippen LogP contribution in [-0.2, 0) is 6.42 Å². The monoisotopic (exact) mass is 272 g/mol. The van der Waals surface area contributed by atoms with E-state index in [1.54, 1.807) is 0 Å². The second kappa shape index (κ2) is 5.98. The van der Waals surface area contributed by atoms with Crippen LogP contribution in [0.2, 0.25) is 0 Å². The summed E-state index contributed by atoms with van der Waals surface area (Å²) in [5, 5.41) is 6.67. The lowest BCUT2D eigenvalue weighted by Crippen LogP contribution is -2.33. The zero-order valence-electron chi connectivity index (χ0n) is 8.01. The van der Waals surface area contributed by atoms with Crippen molar-refractivity contribution in [2.45, 2.75) is 6.42 Å². The molecule has 0 aromatic heterocycles. The molecule has 0 bridgehead atoms. The SMILES string of the molecule is CNC(=S)NCCc1cccc(Br)c1. The summed E-state index contributed by atoms with van der Waals surface area (Å²) in [7, 11) is 1.81. The quantitative estimate of drug-likeness (QED) is 0.825. The Bertz CT molecular complexity index is 315. The highest BCUT2D eigenvalue weighted by atomic mass is 79.9. The van der Waals surface area contributed by atoms with E-state index in [0.717, 1.165) is 17.4 Å². The van der Waals surface area contributed by atoms with E-state index in [-0.39, 0.29) is 0 Å². The molecule has 1 rings (SSSR count). The lowest BCUT2D eigenvalue weighted by Gasteiger charge is -2.06. The largest absolute Gasteiger partial charge is 0.366 e. The Morgan fingerprint density at radius 2 is 2.29 bits per heavy atom. The van der Waals surface area contributed by atoms with Crippen LogP contribution in [0, 0.1) is 0 Å². The van der Waals surface area contributed by atoms with Gasteiger partial charge in [0, 0.05) is 18.1 Å².